The Labute approximate surface area is 191 Å². The summed E-state index contributed by atoms with van der Waals surface area (Å²) in [5.74, 6) is 2.70. The Balaban J connectivity index is 1.72. The molecule has 0 unspecified atom stereocenters. The largest absolute Gasteiger partial charge is 0.363 e. The molecule has 3 rings (SSSR count). The van der Waals surface area contributed by atoms with E-state index in [1.807, 2.05) is 25.9 Å². The molecular weight excluding hydrogens is 404 g/mol. The lowest BCUT2D eigenvalue weighted by atomic mass is 10.2. The van der Waals surface area contributed by atoms with Crippen molar-refractivity contribution in [2.75, 3.05) is 53.1 Å². The number of hydrogen-bond acceptors (Lipinski definition) is 7. The Morgan fingerprint density at radius 1 is 1.13 bits per heavy atom. The van der Waals surface area contributed by atoms with Crippen LogP contribution in [0.5, 0.6) is 0 Å². The molecule has 0 amide bonds. The van der Waals surface area contributed by atoms with E-state index < -0.39 is 0 Å². The first kappa shape index (κ1) is 23.4. The van der Waals surface area contributed by atoms with E-state index in [9.17, 15) is 0 Å². The molecule has 0 aromatic heterocycles. The van der Waals surface area contributed by atoms with Gasteiger partial charge in [0.15, 0.2) is 0 Å². The Bertz CT molecular complexity index is 851. The highest BCUT2D eigenvalue weighted by molar-refractivity contribution is 8.02. The summed E-state index contributed by atoms with van der Waals surface area (Å²) in [7, 11) is 4.07. The molecule has 3 aliphatic rings. The van der Waals surface area contributed by atoms with Gasteiger partial charge in [0.05, 0.1) is 0 Å². The van der Waals surface area contributed by atoms with Gasteiger partial charge in [0.1, 0.15) is 11.7 Å². The maximum absolute atomic E-state index is 4.97. The van der Waals surface area contributed by atoms with E-state index in [2.05, 4.69) is 76.6 Å². The summed E-state index contributed by atoms with van der Waals surface area (Å²) in [6.07, 6.45) is 16.9. The van der Waals surface area contributed by atoms with Crippen LogP contribution in [0, 0.1) is 0 Å². The van der Waals surface area contributed by atoms with Gasteiger partial charge in [-0.1, -0.05) is 29.9 Å². The first-order valence-electron chi connectivity index (χ1n) is 11.0. The minimum Gasteiger partial charge on any atom is -0.363 e. The van der Waals surface area contributed by atoms with Crippen molar-refractivity contribution >= 4 is 23.6 Å². The van der Waals surface area contributed by atoms with Crippen LogP contribution in [-0.2, 0) is 0 Å². The molecule has 0 aromatic carbocycles. The van der Waals surface area contributed by atoms with E-state index in [1.165, 1.54) is 10.5 Å². The molecule has 2 heterocycles. The molecule has 0 atom stereocenters. The summed E-state index contributed by atoms with van der Waals surface area (Å²) in [5.41, 5.74) is 2.38. The zero-order valence-electron chi connectivity index (χ0n) is 19.6. The van der Waals surface area contributed by atoms with Crippen molar-refractivity contribution in [3.8, 4) is 0 Å². The summed E-state index contributed by atoms with van der Waals surface area (Å²) >= 11 is 1.84. The predicted molar refractivity (Wildman–Crippen MR) is 135 cm³/mol. The van der Waals surface area contributed by atoms with Crippen molar-refractivity contribution < 1.29 is 0 Å². The molecule has 7 heteroatoms. The highest BCUT2D eigenvalue weighted by Crippen LogP contribution is 2.17. The maximum Gasteiger partial charge on any atom is 0.229 e. The molecular formula is C24H36N6S. The highest BCUT2D eigenvalue weighted by Gasteiger charge is 2.22. The molecule has 0 aromatic rings. The Morgan fingerprint density at radius 2 is 1.90 bits per heavy atom. The van der Waals surface area contributed by atoms with Crippen molar-refractivity contribution in [1.82, 2.24) is 20.0 Å². The van der Waals surface area contributed by atoms with E-state index in [4.69, 9.17) is 9.98 Å². The van der Waals surface area contributed by atoms with Crippen LogP contribution in [0.25, 0.3) is 0 Å². The van der Waals surface area contributed by atoms with Crippen LogP contribution in [0.1, 0.15) is 26.7 Å². The quantitative estimate of drug-likeness (QED) is 0.704. The molecule has 31 heavy (non-hydrogen) atoms. The minimum atomic E-state index is 0.733. The Kier molecular flexibility index (Phi) is 8.60. The second kappa shape index (κ2) is 11.4. The van der Waals surface area contributed by atoms with Crippen molar-refractivity contribution in [3.63, 3.8) is 0 Å². The van der Waals surface area contributed by atoms with Crippen LogP contribution in [0.2, 0.25) is 0 Å². The van der Waals surface area contributed by atoms with Gasteiger partial charge < -0.3 is 15.1 Å². The Morgan fingerprint density at radius 3 is 2.58 bits per heavy atom. The number of aliphatic imine (C=N–C) groups is 2. The summed E-state index contributed by atoms with van der Waals surface area (Å²) in [6, 6.07) is 0. The van der Waals surface area contributed by atoms with Crippen molar-refractivity contribution in [3.05, 3.63) is 58.5 Å². The normalized spacial score (nSPS) is 20.7. The van der Waals surface area contributed by atoms with Gasteiger partial charge in [0.25, 0.3) is 0 Å². The minimum absolute atomic E-state index is 0.733. The average Bonchev–Trinajstić information content (AvgIpc) is 3.11. The van der Waals surface area contributed by atoms with E-state index in [1.54, 1.807) is 0 Å². The number of hydrogen-bond donors (Lipinski definition) is 1. The third kappa shape index (κ3) is 6.87. The summed E-state index contributed by atoms with van der Waals surface area (Å²) in [6.45, 7) is 9.21. The smallest absolute Gasteiger partial charge is 0.229 e. The lowest BCUT2D eigenvalue weighted by molar-refractivity contribution is 0.195. The first-order valence-corrected chi connectivity index (χ1v) is 12.2. The van der Waals surface area contributed by atoms with E-state index >= 15 is 0 Å². The van der Waals surface area contributed by atoms with Crippen LogP contribution >= 0.6 is 11.8 Å². The van der Waals surface area contributed by atoms with Crippen molar-refractivity contribution in [2.24, 2.45) is 9.98 Å². The molecule has 1 aliphatic carbocycles. The van der Waals surface area contributed by atoms with Gasteiger partial charge in [-0.3, -0.25) is 4.90 Å². The number of allylic oxidation sites excluding steroid dienone is 6. The van der Waals surface area contributed by atoms with Crippen LogP contribution in [-0.4, -0.2) is 79.6 Å². The SMILES string of the molecule is C/C=C(/CN1CCN(C2=NC(N(C)C)=CCC(NC3=CCC=C(C)C=C3)=N2)CC1)SC. The van der Waals surface area contributed by atoms with E-state index in [0.717, 1.165) is 68.9 Å². The molecule has 1 fully saturated rings. The fourth-order valence-electron chi connectivity index (χ4n) is 3.62. The van der Waals surface area contributed by atoms with E-state index in [0.29, 0.717) is 0 Å². The Hall–Kier alpha value is -2.25. The second-order valence-electron chi connectivity index (χ2n) is 8.16. The lowest BCUT2D eigenvalue weighted by Crippen LogP contribution is -2.49. The zero-order valence-corrected chi connectivity index (χ0v) is 20.4. The second-order valence-corrected chi connectivity index (χ2v) is 9.09. The van der Waals surface area contributed by atoms with Crippen LogP contribution in [0.3, 0.4) is 0 Å². The monoisotopic (exact) mass is 440 g/mol. The number of nitrogens with one attached hydrogen (secondary N) is 1. The topological polar surface area (TPSA) is 46.5 Å². The average molecular weight is 441 g/mol. The predicted octanol–water partition coefficient (Wildman–Crippen LogP) is 3.81. The lowest BCUT2D eigenvalue weighted by Gasteiger charge is -2.35. The maximum atomic E-state index is 4.97. The van der Waals surface area contributed by atoms with Crippen LogP contribution in [0.15, 0.2) is 68.4 Å². The van der Waals surface area contributed by atoms with Crippen molar-refractivity contribution in [2.45, 2.75) is 26.7 Å². The number of rotatable bonds is 5. The van der Waals surface area contributed by atoms with Crippen LogP contribution in [0.4, 0.5) is 0 Å². The standard InChI is InChI=1S/C24H36N6S/c1-6-21(31-5)18-29-14-16-30(17-15-29)24-26-22(12-13-23(27-24)28(3)4)25-20-9-7-8-19(2)10-11-20/h6,8-11,13H,7,12,14-18H2,1-5H3,(H,25,26,27)/b21-6-. The van der Waals surface area contributed by atoms with Gasteiger partial charge in [0.2, 0.25) is 5.96 Å². The molecule has 168 valence electrons. The number of guanidine groups is 1. The fraction of sp³-hybridized carbons (Fsp3) is 0.500. The van der Waals surface area contributed by atoms with Gasteiger partial charge in [-0.05, 0) is 43.6 Å². The third-order valence-electron chi connectivity index (χ3n) is 5.60. The molecule has 1 saturated heterocycles. The molecule has 0 saturated carbocycles. The van der Waals surface area contributed by atoms with Crippen LogP contribution < -0.4 is 5.32 Å². The van der Waals surface area contributed by atoms with Gasteiger partial charge in [-0.15, -0.1) is 11.8 Å². The van der Waals surface area contributed by atoms with Gasteiger partial charge in [-0.2, -0.15) is 9.98 Å². The number of amidine groups is 1. The molecule has 6 nitrogen and oxygen atoms in total. The fourth-order valence-corrected chi connectivity index (χ4v) is 4.17. The number of thioether (sulfide) groups is 1. The van der Waals surface area contributed by atoms with Crippen molar-refractivity contribution in [1.29, 1.82) is 0 Å². The summed E-state index contributed by atoms with van der Waals surface area (Å²) in [5, 5.41) is 3.54. The van der Waals surface area contributed by atoms with Gasteiger partial charge >= 0.3 is 0 Å². The van der Waals surface area contributed by atoms with Gasteiger partial charge in [-0.25, -0.2) is 0 Å². The molecule has 0 bridgehead atoms. The molecule has 1 N–H and O–H groups in total. The molecule has 2 aliphatic heterocycles. The summed E-state index contributed by atoms with van der Waals surface area (Å²) < 4.78 is 0. The zero-order chi connectivity index (χ0) is 22.2. The first-order chi connectivity index (χ1) is 15.0. The van der Waals surface area contributed by atoms with E-state index in [-0.39, 0.29) is 0 Å². The highest BCUT2D eigenvalue weighted by atomic mass is 32.2. The summed E-state index contributed by atoms with van der Waals surface area (Å²) in [4.78, 5) is 18.2. The molecule has 0 spiro atoms. The number of piperazine rings is 1. The van der Waals surface area contributed by atoms with Gasteiger partial charge in [0, 0.05) is 58.9 Å². The molecule has 0 radical (unpaired) electrons. The third-order valence-corrected chi connectivity index (χ3v) is 6.49. The number of nitrogens with zero attached hydrogens (tertiary/aromatic N) is 5.